The molecule has 106 valence electrons. The number of nitrogens with two attached hydrogens (primary N) is 1. The second-order valence-corrected chi connectivity index (χ2v) is 4.32. The monoisotopic (exact) mass is 278 g/mol. The number of nitrogens with zero attached hydrogens (tertiary/aromatic N) is 2. The molecule has 6 heteroatoms. The van der Waals surface area contributed by atoms with Crippen molar-refractivity contribution in [3.63, 3.8) is 0 Å². The summed E-state index contributed by atoms with van der Waals surface area (Å²) in [4.78, 5) is 7.66. The molecule has 0 spiro atoms. The van der Waals surface area contributed by atoms with E-state index in [0.29, 0.717) is 23.2 Å². The molecule has 0 bridgehead atoms. The van der Waals surface area contributed by atoms with Gasteiger partial charge >= 0.3 is 0 Å². The standard InChI is InChI=1S/C14H16F2N4/c1-2-12-13(16)14(20-8-19-12)18-7-10-4-3-9(6-17)5-11(10)15/h3-5,8H,2,6-7,17H2,1H3,(H,18,19,20). The van der Waals surface area contributed by atoms with Crippen molar-refractivity contribution < 1.29 is 8.78 Å². The number of anilines is 1. The molecule has 0 saturated carbocycles. The molecule has 0 saturated heterocycles. The number of benzene rings is 1. The summed E-state index contributed by atoms with van der Waals surface area (Å²) >= 11 is 0. The molecule has 0 radical (unpaired) electrons. The number of nitrogens with one attached hydrogen (secondary N) is 1. The van der Waals surface area contributed by atoms with Gasteiger partial charge in [-0.2, -0.15) is 0 Å². The Labute approximate surface area is 116 Å². The van der Waals surface area contributed by atoms with Crippen molar-refractivity contribution in [2.75, 3.05) is 5.32 Å². The van der Waals surface area contributed by atoms with Crippen LogP contribution in [0.5, 0.6) is 0 Å². The molecule has 0 fully saturated rings. The van der Waals surface area contributed by atoms with Gasteiger partial charge in [-0.15, -0.1) is 0 Å². The van der Waals surface area contributed by atoms with Gasteiger partial charge in [0.2, 0.25) is 0 Å². The van der Waals surface area contributed by atoms with Gasteiger partial charge in [0.25, 0.3) is 0 Å². The maximum absolute atomic E-state index is 13.9. The van der Waals surface area contributed by atoms with Crippen molar-refractivity contribution in [1.29, 1.82) is 0 Å². The first-order valence-electron chi connectivity index (χ1n) is 6.36. The Bertz CT molecular complexity index is 602. The maximum atomic E-state index is 13.9. The second kappa shape index (κ2) is 6.38. The average molecular weight is 278 g/mol. The van der Waals surface area contributed by atoms with Gasteiger partial charge in [0.05, 0.1) is 5.69 Å². The van der Waals surface area contributed by atoms with E-state index in [0.717, 1.165) is 0 Å². The lowest BCUT2D eigenvalue weighted by Crippen LogP contribution is -2.08. The van der Waals surface area contributed by atoms with Gasteiger partial charge in [0.15, 0.2) is 11.6 Å². The Balaban J connectivity index is 2.13. The van der Waals surface area contributed by atoms with Gasteiger partial charge in [-0.1, -0.05) is 19.1 Å². The van der Waals surface area contributed by atoms with E-state index in [9.17, 15) is 8.78 Å². The summed E-state index contributed by atoms with van der Waals surface area (Å²) in [7, 11) is 0. The summed E-state index contributed by atoms with van der Waals surface area (Å²) in [5.41, 5.74) is 6.92. The first kappa shape index (κ1) is 14.3. The van der Waals surface area contributed by atoms with E-state index in [2.05, 4.69) is 15.3 Å². The smallest absolute Gasteiger partial charge is 0.186 e. The van der Waals surface area contributed by atoms with Crippen LogP contribution in [-0.2, 0) is 19.5 Å². The fraction of sp³-hybridized carbons (Fsp3) is 0.286. The number of aromatic nitrogens is 2. The molecular weight excluding hydrogens is 262 g/mol. The number of rotatable bonds is 5. The highest BCUT2D eigenvalue weighted by Gasteiger charge is 2.10. The van der Waals surface area contributed by atoms with Gasteiger partial charge in [-0.3, -0.25) is 0 Å². The normalized spacial score (nSPS) is 10.6. The van der Waals surface area contributed by atoms with Crippen molar-refractivity contribution in [3.8, 4) is 0 Å². The highest BCUT2D eigenvalue weighted by atomic mass is 19.1. The molecule has 2 rings (SSSR count). The minimum atomic E-state index is -0.492. The van der Waals surface area contributed by atoms with E-state index < -0.39 is 5.82 Å². The number of hydrogen-bond acceptors (Lipinski definition) is 4. The van der Waals surface area contributed by atoms with E-state index in [1.54, 1.807) is 19.1 Å². The molecule has 1 aromatic heterocycles. The zero-order valence-corrected chi connectivity index (χ0v) is 11.2. The Morgan fingerprint density at radius 3 is 2.70 bits per heavy atom. The molecule has 0 amide bonds. The number of halogens is 2. The van der Waals surface area contributed by atoms with E-state index >= 15 is 0 Å². The van der Waals surface area contributed by atoms with Gasteiger partial charge < -0.3 is 11.1 Å². The molecule has 4 nitrogen and oxygen atoms in total. The van der Waals surface area contributed by atoms with Crippen LogP contribution >= 0.6 is 0 Å². The summed E-state index contributed by atoms with van der Waals surface area (Å²) in [6, 6.07) is 4.75. The molecule has 2 aromatic rings. The van der Waals surface area contributed by atoms with Crippen molar-refractivity contribution >= 4 is 5.82 Å². The lowest BCUT2D eigenvalue weighted by Gasteiger charge is -2.09. The molecule has 0 unspecified atom stereocenters. The third kappa shape index (κ3) is 3.08. The zero-order valence-electron chi connectivity index (χ0n) is 11.2. The molecule has 3 N–H and O–H groups in total. The van der Waals surface area contributed by atoms with Crippen LogP contribution in [0.3, 0.4) is 0 Å². The van der Waals surface area contributed by atoms with Crippen molar-refractivity contribution in [2.24, 2.45) is 5.73 Å². The lowest BCUT2D eigenvalue weighted by atomic mass is 10.1. The predicted octanol–water partition coefficient (Wildman–Crippen LogP) is 2.39. The minimum Gasteiger partial charge on any atom is -0.363 e. The Kier molecular flexibility index (Phi) is 4.57. The Hall–Kier alpha value is -2.08. The van der Waals surface area contributed by atoms with Gasteiger partial charge in [-0.05, 0) is 18.1 Å². The second-order valence-electron chi connectivity index (χ2n) is 4.32. The van der Waals surface area contributed by atoms with Crippen LogP contribution in [0, 0.1) is 11.6 Å². The first-order valence-corrected chi connectivity index (χ1v) is 6.36. The van der Waals surface area contributed by atoms with Crippen LogP contribution in [0.25, 0.3) is 0 Å². The number of aryl methyl sites for hydroxylation is 1. The zero-order chi connectivity index (χ0) is 14.5. The summed E-state index contributed by atoms with van der Waals surface area (Å²) in [6.07, 6.45) is 1.76. The van der Waals surface area contributed by atoms with E-state index in [1.165, 1.54) is 12.4 Å². The van der Waals surface area contributed by atoms with Crippen LogP contribution in [0.15, 0.2) is 24.5 Å². The third-order valence-electron chi connectivity index (χ3n) is 3.00. The molecule has 1 heterocycles. The van der Waals surface area contributed by atoms with E-state index in [1.807, 2.05) is 0 Å². The van der Waals surface area contributed by atoms with Crippen LogP contribution in [0.2, 0.25) is 0 Å². The lowest BCUT2D eigenvalue weighted by molar-refractivity contribution is 0.593. The summed E-state index contributed by atoms with van der Waals surface area (Å²) in [6.45, 7) is 2.24. The Morgan fingerprint density at radius 1 is 1.25 bits per heavy atom. The summed E-state index contributed by atoms with van der Waals surface area (Å²) in [5, 5.41) is 2.78. The fourth-order valence-electron chi connectivity index (χ4n) is 1.82. The Morgan fingerprint density at radius 2 is 2.05 bits per heavy atom. The number of hydrogen-bond donors (Lipinski definition) is 2. The molecule has 0 aliphatic heterocycles. The molecule has 0 aliphatic carbocycles. The van der Waals surface area contributed by atoms with E-state index in [4.69, 9.17) is 5.73 Å². The summed E-state index contributed by atoms with van der Waals surface area (Å²) in [5.74, 6) is -0.779. The maximum Gasteiger partial charge on any atom is 0.186 e. The van der Waals surface area contributed by atoms with Crippen molar-refractivity contribution in [2.45, 2.75) is 26.4 Å². The van der Waals surface area contributed by atoms with E-state index in [-0.39, 0.29) is 24.7 Å². The third-order valence-corrected chi connectivity index (χ3v) is 3.00. The molecule has 1 aromatic carbocycles. The minimum absolute atomic E-state index is 0.0825. The quantitative estimate of drug-likeness (QED) is 0.881. The van der Waals surface area contributed by atoms with Gasteiger partial charge in [-0.25, -0.2) is 18.7 Å². The van der Waals surface area contributed by atoms with Gasteiger partial charge in [0.1, 0.15) is 12.1 Å². The molecule has 20 heavy (non-hydrogen) atoms. The van der Waals surface area contributed by atoms with Crippen LogP contribution < -0.4 is 11.1 Å². The van der Waals surface area contributed by atoms with Gasteiger partial charge in [0, 0.05) is 18.7 Å². The molecule has 0 atom stereocenters. The summed E-state index contributed by atoms with van der Waals surface area (Å²) < 4.78 is 27.7. The highest BCUT2D eigenvalue weighted by molar-refractivity contribution is 5.38. The predicted molar refractivity (Wildman–Crippen MR) is 73.0 cm³/mol. The van der Waals surface area contributed by atoms with Crippen LogP contribution in [-0.4, -0.2) is 9.97 Å². The fourth-order valence-corrected chi connectivity index (χ4v) is 1.82. The first-order chi connectivity index (χ1) is 9.65. The molecule has 0 aliphatic rings. The highest BCUT2D eigenvalue weighted by Crippen LogP contribution is 2.16. The molecular formula is C14H16F2N4. The SMILES string of the molecule is CCc1ncnc(NCc2ccc(CN)cc2F)c1F. The largest absolute Gasteiger partial charge is 0.363 e. The van der Waals surface area contributed by atoms with Crippen molar-refractivity contribution in [3.05, 3.63) is 53.0 Å². The topological polar surface area (TPSA) is 63.8 Å². The average Bonchev–Trinajstić information content (AvgIpc) is 2.47. The van der Waals surface area contributed by atoms with Crippen LogP contribution in [0.1, 0.15) is 23.7 Å². The van der Waals surface area contributed by atoms with Crippen LogP contribution in [0.4, 0.5) is 14.6 Å². The van der Waals surface area contributed by atoms with Crippen molar-refractivity contribution in [1.82, 2.24) is 9.97 Å².